The molecule has 0 rings (SSSR count). The van der Waals surface area contributed by atoms with Crippen molar-refractivity contribution in [3.05, 3.63) is 0 Å². The topological polar surface area (TPSA) is 0 Å². The van der Waals surface area contributed by atoms with Crippen LogP contribution >= 0.6 is 0 Å². The minimum Gasteiger partial charge on any atom is -0.0654 e. The molecule has 0 aliphatic rings. The lowest BCUT2D eigenvalue weighted by Crippen LogP contribution is -2.10. The minimum atomic E-state index is 1.03. The number of rotatable bonds is 19. The average molecular weight is 339 g/mol. The van der Waals surface area contributed by atoms with E-state index in [2.05, 4.69) is 27.7 Å². The van der Waals surface area contributed by atoms with Crippen LogP contribution in [0.25, 0.3) is 0 Å². The molecule has 0 aromatic rings. The first-order chi connectivity index (χ1) is 11.8. The Labute approximate surface area is 155 Å². The average Bonchev–Trinajstić information content (AvgIpc) is 2.58. The van der Waals surface area contributed by atoms with Crippen molar-refractivity contribution < 1.29 is 0 Å². The van der Waals surface area contributed by atoms with Gasteiger partial charge in [-0.25, -0.2) is 0 Å². The summed E-state index contributed by atoms with van der Waals surface area (Å²) in [5.41, 5.74) is 0. The zero-order chi connectivity index (χ0) is 17.9. The van der Waals surface area contributed by atoms with Crippen LogP contribution in [0.15, 0.2) is 0 Å². The second-order valence-electron chi connectivity index (χ2n) is 8.30. The van der Waals surface area contributed by atoms with E-state index >= 15 is 0 Å². The fourth-order valence-electron chi connectivity index (χ4n) is 4.14. The van der Waals surface area contributed by atoms with E-state index in [0.29, 0.717) is 0 Å². The Morgan fingerprint density at radius 3 is 1.00 bits per heavy atom. The van der Waals surface area contributed by atoms with Crippen molar-refractivity contribution in [3.8, 4) is 0 Å². The molecule has 0 heteroatoms. The third kappa shape index (κ3) is 15.5. The second kappa shape index (κ2) is 19.3. The highest BCUT2D eigenvalue weighted by Crippen LogP contribution is 2.30. The van der Waals surface area contributed by atoms with Crippen molar-refractivity contribution in [3.63, 3.8) is 0 Å². The van der Waals surface area contributed by atoms with E-state index < -0.39 is 0 Å². The summed E-state index contributed by atoms with van der Waals surface area (Å²) in [4.78, 5) is 0. The lowest BCUT2D eigenvalue weighted by molar-refractivity contribution is 0.284. The minimum absolute atomic E-state index is 1.03. The van der Waals surface area contributed by atoms with Crippen LogP contribution in [0.3, 0.4) is 0 Å². The van der Waals surface area contributed by atoms with Crippen LogP contribution in [0.4, 0.5) is 0 Å². The SMILES string of the molecule is CCCCCCC(CCCCC)CC(CCCCC)CCCCC. The molecule has 0 nitrogen and oxygen atoms in total. The van der Waals surface area contributed by atoms with Crippen LogP contribution in [-0.4, -0.2) is 0 Å². The van der Waals surface area contributed by atoms with Crippen molar-refractivity contribution >= 4 is 0 Å². The molecule has 1 atom stereocenters. The Bertz CT molecular complexity index is 210. The fraction of sp³-hybridized carbons (Fsp3) is 1.00. The Balaban J connectivity index is 4.33. The number of unbranched alkanes of at least 4 members (excludes halogenated alkanes) is 9. The smallest absolute Gasteiger partial charge is 0.0412 e. The summed E-state index contributed by atoms with van der Waals surface area (Å²) < 4.78 is 0. The van der Waals surface area contributed by atoms with Gasteiger partial charge < -0.3 is 0 Å². The van der Waals surface area contributed by atoms with Crippen LogP contribution in [0.1, 0.15) is 143 Å². The monoisotopic (exact) mass is 338 g/mol. The summed E-state index contributed by atoms with van der Waals surface area (Å²) in [6.07, 6.45) is 26.3. The quantitative estimate of drug-likeness (QED) is 0.206. The van der Waals surface area contributed by atoms with Crippen molar-refractivity contribution in [1.29, 1.82) is 0 Å². The van der Waals surface area contributed by atoms with Gasteiger partial charge in [0.25, 0.3) is 0 Å². The molecule has 0 saturated carbocycles. The van der Waals surface area contributed by atoms with E-state index in [0.717, 1.165) is 11.8 Å². The zero-order valence-electron chi connectivity index (χ0n) is 17.9. The van der Waals surface area contributed by atoms with E-state index in [1.54, 1.807) is 6.42 Å². The van der Waals surface area contributed by atoms with Gasteiger partial charge >= 0.3 is 0 Å². The maximum Gasteiger partial charge on any atom is -0.0412 e. The van der Waals surface area contributed by atoms with Gasteiger partial charge in [0.15, 0.2) is 0 Å². The molecule has 24 heavy (non-hydrogen) atoms. The third-order valence-electron chi connectivity index (χ3n) is 5.78. The molecule has 0 heterocycles. The van der Waals surface area contributed by atoms with E-state index in [1.165, 1.54) is 109 Å². The summed E-state index contributed by atoms with van der Waals surface area (Å²) in [7, 11) is 0. The van der Waals surface area contributed by atoms with Crippen molar-refractivity contribution in [2.45, 2.75) is 143 Å². The largest absolute Gasteiger partial charge is 0.0654 e. The Morgan fingerprint density at radius 2 is 0.667 bits per heavy atom. The van der Waals surface area contributed by atoms with Crippen molar-refractivity contribution in [2.75, 3.05) is 0 Å². The molecule has 0 saturated heterocycles. The maximum atomic E-state index is 2.34. The lowest BCUT2D eigenvalue weighted by atomic mass is 9.82. The number of hydrogen-bond donors (Lipinski definition) is 0. The van der Waals surface area contributed by atoms with Crippen LogP contribution in [0.2, 0.25) is 0 Å². The zero-order valence-corrected chi connectivity index (χ0v) is 17.9. The Morgan fingerprint density at radius 1 is 0.375 bits per heavy atom. The standard InChI is InChI=1S/C24H50/c1-5-9-13-17-21-24(20-16-12-8-4)22-23(18-14-10-6-2)19-15-11-7-3/h23-24H,5-22H2,1-4H3. The van der Waals surface area contributed by atoms with Gasteiger partial charge in [0, 0.05) is 0 Å². The molecule has 0 aromatic heterocycles. The van der Waals surface area contributed by atoms with Gasteiger partial charge in [0.1, 0.15) is 0 Å². The predicted octanol–water partition coefficient (Wildman–Crippen LogP) is 9.32. The van der Waals surface area contributed by atoms with Gasteiger partial charge in [-0.2, -0.15) is 0 Å². The molecule has 0 N–H and O–H groups in total. The molecule has 0 radical (unpaired) electrons. The van der Waals surface area contributed by atoms with E-state index in [4.69, 9.17) is 0 Å². The molecule has 0 fully saturated rings. The first-order valence-corrected chi connectivity index (χ1v) is 11.8. The van der Waals surface area contributed by atoms with Gasteiger partial charge in [0.2, 0.25) is 0 Å². The molecule has 146 valence electrons. The lowest BCUT2D eigenvalue weighted by Gasteiger charge is -2.24. The second-order valence-corrected chi connectivity index (χ2v) is 8.30. The highest BCUT2D eigenvalue weighted by atomic mass is 14.2. The first-order valence-electron chi connectivity index (χ1n) is 11.8. The summed E-state index contributed by atoms with van der Waals surface area (Å²) in [5, 5.41) is 0. The molecule has 1 unspecified atom stereocenters. The van der Waals surface area contributed by atoms with E-state index in [-0.39, 0.29) is 0 Å². The van der Waals surface area contributed by atoms with Crippen LogP contribution in [-0.2, 0) is 0 Å². The first kappa shape index (κ1) is 24.0. The normalized spacial score (nSPS) is 12.9. The predicted molar refractivity (Wildman–Crippen MR) is 113 cm³/mol. The molecule has 0 bridgehead atoms. The molecular weight excluding hydrogens is 288 g/mol. The van der Waals surface area contributed by atoms with Gasteiger partial charge in [-0.3, -0.25) is 0 Å². The molecule has 0 aromatic carbocycles. The van der Waals surface area contributed by atoms with Gasteiger partial charge in [0.05, 0.1) is 0 Å². The Hall–Kier alpha value is 0. The molecule has 0 amide bonds. The molecule has 0 spiro atoms. The van der Waals surface area contributed by atoms with Crippen molar-refractivity contribution in [2.24, 2.45) is 11.8 Å². The highest BCUT2D eigenvalue weighted by Gasteiger charge is 2.16. The maximum absolute atomic E-state index is 2.34. The van der Waals surface area contributed by atoms with Crippen molar-refractivity contribution in [1.82, 2.24) is 0 Å². The van der Waals surface area contributed by atoms with Crippen LogP contribution < -0.4 is 0 Å². The van der Waals surface area contributed by atoms with E-state index in [9.17, 15) is 0 Å². The van der Waals surface area contributed by atoms with Crippen LogP contribution in [0.5, 0.6) is 0 Å². The Kier molecular flexibility index (Phi) is 19.3. The van der Waals surface area contributed by atoms with Crippen LogP contribution in [0, 0.1) is 11.8 Å². The third-order valence-corrected chi connectivity index (χ3v) is 5.78. The van der Waals surface area contributed by atoms with E-state index in [1.807, 2.05) is 0 Å². The van der Waals surface area contributed by atoms with Gasteiger partial charge in [-0.05, 0) is 18.3 Å². The highest BCUT2D eigenvalue weighted by molar-refractivity contribution is 4.68. The van der Waals surface area contributed by atoms with Gasteiger partial charge in [-0.1, -0.05) is 137 Å². The summed E-state index contributed by atoms with van der Waals surface area (Å²) >= 11 is 0. The van der Waals surface area contributed by atoms with Gasteiger partial charge in [-0.15, -0.1) is 0 Å². The molecule has 0 aliphatic heterocycles. The molecule has 0 aliphatic carbocycles. The summed E-state index contributed by atoms with van der Waals surface area (Å²) in [5.74, 6) is 2.06. The summed E-state index contributed by atoms with van der Waals surface area (Å²) in [6, 6.07) is 0. The summed E-state index contributed by atoms with van der Waals surface area (Å²) in [6.45, 7) is 9.35. The fourth-order valence-corrected chi connectivity index (χ4v) is 4.14. The molecular formula is C24H50. The number of hydrogen-bond acceptors (Lipinski definition) is 0.